The fourth-order valence-corrected chi connectivity index (χ4v) is 2.03. The highest BCUT2D eigenvalue weighted by Crippen LogP contribution is 2.02. The average Bonchev–Trinajstić information content (AvgIpc) is 2.25. The zero-order chi connectivity index (χ0) is 11.5. The van der Waals surface area contributed by atoms with Gasteiger partial charge in [-0.15, -0.1) is 0 Å². The molecule has 0 amide bonds. The third-order valence-corrected chi connectivity index (χ3v) is 3.10. The number of methoxy groups -OCH3 is 2. The predicted octanol–water partition coefficient (Wildman–Crippen LogP) is 0.699. The molecule has 5 heteroatoms. The van der Waals surface area contributed by atoms with Crippen molar-refractivity contribution in [2.45, 2.75) is 25.7 Å². The van der Waals surface area contributed by atoms with Crippen molar-refractivity contribution in [3.8, 4) is 0 Å². The van der Waals surface area contributed by atoms with Gasteiger partial charge >= 0.3 is 0 Å². The Hall–Kier alpha value is 0.190. The predicted molar refractivity (Wildman–Crippen MR) is 64.3 cm³/mol. The number of nitrogens with one attached hydrogen (secondary N) is 1. The maximum Gasteiger partial charge on any atom is 0.171 e. The summed E-state index contributed by atoms with van der Waals surface area (Å²) < 4.78 is 10.3. The first kappa shape index (κ1) is 15.2. The van der Waals surface area contributed by atoms with Crippen LogP contribution in [0.1, 0.15) is 13.3 Å². The molecule has 0 rings (SSSR count). The molecule has 1 atom stereocenters. The van der Waals surface area contributed by atoms with Crippen molar-refractivity contribution in [3.63, 3.8) is 0 Å². The van der Waals surface area contributed by atoms with E-state index in [0.717, 1.165) is 24.5 Å². The van der Waals surface area contributed by atoms with Crippen LogP contribution in [0.25, 0.3) is 0 Å². The Bertz CT molecular complexity index is 134. The summed E-state index contributed by atoms with van der Waals surface area (Å²) in [7, 11) is 3.28. The van der Waals surface area contributed by atoms with Crippen LogP contribution in [0.5, 0.6) is 0 Å². The van der Waals surface area contributed by atoms with Gasteiger partial charge in [0, 0.05) is 33.1 Å². The van der Waals surface area contributed by atoms with E-state index in [9.17, 15) is 0 Å². The van der Waals surface area contributed by atoms with Crippen molar-refractivity contribution in [3.05, 3.63) is 0 Å². The summed E-state index contributed by atoms with van der Waals surface area (Å²) in [4.78, 5) is 0. The SMILES string of the molecule is COC(OC)C(C)NCCSCCCO. The Labute approximate surface area is 96.7 Å². The Morgan fingerprint density at radius 3 is 2.47 bits per heavy atom. The molecule has 0 saturated carbocycles. The molecule has 0 spiro atoms. The number of ether oxygens (including phenoxy) is 2. The first-order valence-corrected chi connectivity index (χ1v) is 6.39. The van der Waals surface area contributed by atoms with Crippen LogP contribution in [-0.2, 0) is 9.47 Å². The van der Waals surface area contributed by atoms with Crippen LogP contribution in [0, 0.1) is 0 Å². The minimum Gasteiger partial charge on any atom is -0.396 e. The Balaban J connectivity index is 3.33. The first-order valence-electron chi connectivity index (χ1n) is 5.23. The average molecular weight is 237 g/mol. The molecule has 0 bridgehead atoms. The minimum absolute atomic E-state index is 0.188. The smallest absolute Gasteiger partial charge is 0.171 e. The minimum atomic E-state index is -0.188. The van der Waals surface area contributed by atoms with Gasteiger partial charge in [-0.25, -0.2) is 0 Å². The molecule has 0 aliphatic rings. The summed E-state index contributed by atoms with van der Waals surface area (Å²) in [5.41, 5.74) is 0. The van der Waals surface area contributed by atoms with Crippen molar-refractivity contribution >= 4 is 11.8 Å². The normalized spacial score (nSPS) is 13.4. The molecule has 1 unspecified atom stereocenters. The van der Waals surface area contributed by atoms with Gasteiger partial charge in [0.05, 0.1) is 6.04 Å². The van der Waals surface area contributed by atoms with Gasteiger partial charge in [0.15, 0.2) is 6.29 Å². The zero-order valence-electron chi connectivity index (χ0n) is 9.86. The molecule has 0 aliphatic carbocycles. The van der Waals surface area contributed by atoms with Crippen LogP contribution in [-0.4, -0.2) is 56.3 Å². The summed E-state index contributed by atoms with van der Waals surface area (Å²) in [6.07, 6.45) is 0.686. The van der Waals surface area contributed by atoms with Crippen LogP contribution in [0.4, 0.5) is 0 Å². The van der Waals surface area contributed by atoms with Gasteiger partial charge in [-0.1, -0.05) is 0 Å². The summed E-state index contributed by atoms with van der Waals surface area (Å²) >= 11 is 1.84. The molecule has 0 aromatic rings. The molecule has 2 N–H and O–H groups in total. The summed E-state index contributed by atoms with van der Waals surface area (Å²) in [5.74, 6) is 2.06. The summed E-state index contributed by atoms with van der Waals surface area (Å²) in [5, 5.41) is 11.9. The van der Waals surface area contributed by atoms with Crippen molar-refractivity contribution in [2.75, 3.05) is 38.9 Å². The molecular formula is C10H23NO3S. The molecular weight excluding hydrogens is 214 g/mol. The van der Waals surface area contributed by atoms with E-state index in [4.69, 9.17) is 14.6 Å². The van der Waals surface area contributed by atoms with Gasteiger partial charge in [0.25, 0.3) is 0 Å². The fourth-order valence-electron chi connectivity index (χ4n) is 1.23. The van der Waals surface area contributed by atoms with E-state index in [1.807, 2.05) is 18.7 Å². The second-order valence-corrected chi connectivity index (χ2v) is 4.50. The Morgan fingerprint density at radius 1 is 1.27 bits per heavy atom. The van der Waals surface area contributed by atoms with Crippen LogP contribution >= 0.6 is 11.8 Å². The highest BCUT2D eigenvalue weighted by molar-refractivity contribution is 7.99. The van der Waals surface area contributed by atoms with Gasteiger partial charge in [-0.3, -0.25) is 0 Å². The first-order chi connectivity index (χ1) is 7.26. The van der Waals surface area contributed by atoms with Gasteiger partial charge in [-0.05, 0) is 19.1 Å². The second-order valence-electron chi connectivity index (χ2n) is 3.27. The molecule has 0 fully saturated rings. The number of aliphatic hydroxyl groups is 1. The number of hydrogen-bond donors (Lipinski definition) is 2. The molecule has 0 saturated heterocycles. The van der Waals surface area contributed by atoms with E-state index in [1.54, 1.807) is 14.2 Å². The Kier molecular flexibility index (Phi) is 10.8. The lowest BCUT2D eigenvalue weighted by atomic mass is 10.3. The lowest BCUT2D eigenvalue weighted by Crippen LogP contribution is -2.40. The molecule has 0 aliphatic heterocycles. The zero-order valence-corrected chi connectivity index (χ0v) is 10.7. The maximum absolute atomic E-state index is 8.59. The number of rotatable bonds is 10. The van der Waals surface area contributed by atoms with Crippen molar-refractivity contribution in [1.29, 1.82) is 0 Å². The third kappa shape index (κ3) is 8.04. The molecule has 0 aromatic carbocycles. The van der Waals surface area contributed by atoms with Crippen LogP contribution in [0.2, 0.25) is 0 Å². The molecule has 92 valence electrons. The quantitative estimate of drug-likeness (QED) is 0.433. The van der Waals surface area contributed by atoms with E-state index in [1.165, 1.54) is 0 Å². The molecule has 0 aromatic heterocycles. The molecule has 0 radical (unpaired) electrons. The van der Waals surface area contributed by atoms with E-state index in [-0.39, 0.29) is 18.9 Å². The van der Waals surface area contributed by atoms with E-state index in [2.05, 4.69) is 5.32 Å². The van der Waals surface area contributed by atoms with Gasteiger partial charge in [0.2, 0.25) is 0 Å². The molecule has 15 heavy (non-hydrogen) atoms. The van der Waals surface area contributed by atoms with Gasteiger partial charge in [-0.2, -0.15) is 11.8 Å². The summed E-state index contributed by atoms with van der Waals surface area (Å²) in [6, 6.07) is 0.193. The standard InChI is InChI=1S/C10H23NO3S/c1-9(10(13-2)14-3)11-5-8-15-7-4-6-12/h9-12H,4-8H2,1-3H3. The second kappa shape index (κ2) is 10.7. The molecule has 4 nitrogen and oxygen atoms in total. The lowest BCUT2D eigenvalue weighted by molar-refractivity contribution is -0.119. The summed E-state index contributed by atoms with van der Waals surface area (Å²) in [6.45, 7) is 3.25. The lowest BCUT2D eigenvalue weighted by Gasteiger charge is -2.22. The Morgan fingerprint density at radius 2 is 1.93 bits per heavy atom. The van der Waals surface area contributed by atoms with Crippen LogP contribution < -0.4 is 5.32 Å². The van der Waals surface area contributed by atoms with Crippen molar-refractivity contribution in [1.82, 2.24) is 5.32 Å². The van der Waals surface area contributed by atoms with Crippen LogP contribution in [0.15, 0.2) is 0 Å². The van der Waals surface area contributed by atoms with Gasteiger partial charge < -0.3 is 19.9 Å². The number of thioether (sulfide) groups is 1. The van der Waals surface area contributed by atoms with E-state index >= 15 is 0 Å². The number of aliphatic hydroxyl groups excluding tert-OH is 1. The van der Waals surface area contributed by atoms with Crippen LogP contribution in [0.3, 0.4) is 0 Å². The highest BCUT2D eigenvalue weighted by atomic mass is 32.2. The fraction of sp³-hybridized carbons (Fsp3) is 1.00. The van der Waals surface area contributed by atoms with Crippen molar-refractivity contribution < 1.29 is 14.6 Å². The van der Waals surface area contributed by atoms with E-state index in [0.29, 0.717) is 0 Å². The van der Waals surface area contributed by atoms with Crippen molar-refractivity contribution in [2.24, 2.45) is 0 Å². The van der Waals surface area contributed by atoms with E-state index < -0.39 is 0 Å². The maximum atomic E-state index is 8.59. The monoisotopic (exact) mass is 237 g/mol. The van der Waals surface area contributed by atoms with Gasteiger partial charge in [0.1, 0.15) is 0 Å². The molecule has 0 heterocycles. The largest absolute Gasteiger partial charge is 0.396 e. The number of hydrogen-bond acceptors (Lipinski definition) is 5. The highest BCUT2D eigenvalue weighted by Gasteiger charge is 2.13. The third-order valence-electron chi connectivity index (χ3n) is 2.03. The topological polar surface area (TPSA) is 50.7 Å².